The van der Waals surface area contributed by atoms with E-state index in [9.17, 15) is 14.4 Å². The number of aliphatic hydroxyl groups is 1. The molecule has 0 aromatic heterocycles. The number of carboxylic acids is 1. The van der Waals surface area contributed by atoms with Crippen molar-refractivity contribution in [3.63, 3.8) is 0 Å². The highest BCUT2D eigenvalue weighted by atomic mass is 16.4. The van der Waals surface area contributed by atoms with Crippen molar-refractivity contribution in [3.8, 4) is 0 Å². The van der Waals surface area contributed by atoms with E-state index in [1.165, 1.54) is 6.92 Å². The Bertz CT molecular complexity index is 278. The fourth-order valence-electron chi connectivity index (χ4n) is 1.64. The van der Waals surface area contributed by atoms with Crippen LogP contribution in [0.2, 0.25) is 0 Å². The molecule has 5 nitrogen and oxygen atoms in total. The molecule has 78 valence electrons. The lowest BCUT2D eigenvalue weighted by Crippen LogP contribution is -2.36. The molecule has 5 heteroatoms. The van der Waals surface area contributed by atoms with Crippen molar-refractivity contribution in [1.82, 2.24) is 0 Å². The maximum Gasteiger partial charge on any atom is 0.332 e. The number of carboxylic acid groups (broad SMARTS) is 1. The van der Waals surface area contributed by atoms with E-state index in [-0.39, 0.29) is 30.8 Å². The Morgan fingerprint density at radius 2 is 1.86 bits per heavy atom. The minimum atomic E-state index is -1.65. The zero-order chi connectivity index (χ0) is 10.9. The number of hydrogen-bond acceptors (Lipinski definition) is 4. The number of Topliss-reactive ketones (excluding diaryl/α,β-unsaturated/α-hetero) is 2. The third kappa shape index (κ3) is 1.68. The van der Waals surface area contributed by atoms with Gasteiger partial charge in [0, 0.05) is 19.3 Å². The van der Waals surface area contributed by atoms with Crippen molar-refractivity contribution >= 4 is 17.5 Å². The van der Waals surface area contributed by atoms with Gasteiger partial charge in [-0.2, -0.15) is 0 Å². The highest BCUT2D eigenvalue weighted by Gasteiger charge is 2.47. The van der Waals surface area contributed by atoms with E-state index >= 15 is 0 Å². The maximum atomic E-state index is 11.3. The Labute approximate surface area is 80.7 Å². The molecule has 1 aliphatic rings. The Kier molecular flexibility index (Phi) is 2.71. The number of ketones is 2. The summed E-state index contributed by atoms with van der Waals surface area (Å²) in [5.74, 6) is -1.95. The van der Waals surface area contributed by atoms with Crippen LogP contribution in [0.4, 0.5) is 0 Å². The van der Waals surface area contributed by atoms with Gasteiger partial charge in [-0.1, -0.05) is 0 Å². The second-order valence-electron chi connectivity index (χ2n) is 3.74. The van der Waals surface area contributed by atoms with Gasteiger partial charge in [0.2, 0.25) is 0 Å². The van der Waals surface area contributed by atoms with E-state index in [1.807, 2.05) is 0 Å². The normalized spacial score (nSPS) is 22.4. The van der Waals surface area contributed by atoms with Crippen LogP contribution in [0.1, 0.15) is 26.2 Å². The predicted molar refractivity (Wildman–Crippen MR) is 45.6 cm³/mol. The summed E-state index contributed by atoms with van der Waals surface area (Å²) >= 11 is 0. The van der Waals surface area contributed by atoms with Gasteiger partial charge in [-0.15, -0.1) is 0 Å². The van der Waals surface area contributed by atoms with Crippen LogP contribution in [0, 0.1) is 5.41 Å². The number of carbonyl (C=O) groups is 3. The molecular weight excluding hydrogens is 188 g/mol. The van der Waals surface area contributed by atoms with E-state index < -0.39 is 17.5 Å². The molecule has 1 aliphatic carbocycles. The molecule has 0 heterocycles. The number of carbonyl (C=O) groups excluding carboxylic acids is 2. The molecule has 14 heavy (non-hydrogen) atoms. The number of aliphatic carboxylic acids is 1. The van der Waals surface area contributed by atoms with Crippen molar-refractivity contribution < 1.29 is 24.6 Å². The minimum absolute atomic E-state index is 0.154. The van der Waals surface area contributed by atoms with Crippen LogP contribution >= 0.6 is 0 Å². The Hall–Kier alpha value is -1.23. The van der Waals surface area contributed by atoms with Crippen LogP contribution in [-0.4, -0.2) is 33.9 Å². The molecule has 0 aromatic carbocycles. The molecule has 0 aromatic rings. The molecule has 0 radical (unpaired) electrons. The number of rotatable bonds is 3. The summed E-state index contributed by atoms with van der Waals surface area (Å²) in [6.45, 7) is 1.40. The van der Waals surface area contributed by atoms with Crippen LogP contribution < -0.4 is 0 Å². The van der Waals surface area contributed by atoms with E-state index in [2.05, 4.69) is 0 Å². The zero-order valence-electron chi connectivity index (χ0n) is 7.82. The highest BCUT2D eigenvalue weighted by molar-refractivity contribution is 6.12. The lowest BCUT2D eigenvalue weighted by molar-refractivity contribution is -0.150. The van der Waals surface area contributed by atoms with Crippen molar-refractivity contribution in [2.45, 2.75) is 32.3 Å². The largest absolute Gasteiger partial charge is 0.479 e. The average Bonchev–Trinajstić information content (AvgIpc) is 2.33. The van der Waals surface area contributed by atoms with Crippen molar-refractivity contribution in [2.75, 3.05) is 0 Å². The van der Waals surface area contributed by atoms with Gasteiger partial charge in [0.05, 0.1) is 5.41 Å². The van der Waals surface area contributed by atoms with Gasteiger partial charge in [0.1, 0.15) is 11.6 Å². The van der Waals surface area contributed by atoms with Crippen LogP contribution in [0.25, 0.3) is 0 Å². The second kappa shape index (κ2) is 3.49. The summed E-state index contributed by atoms with van der Waals surface area (Å²) in [6, 6.07) is 0. The van der Waals surface area contributed by atoms with E-state index in [1.54, 1.807) is 0 Å². The molecule has 1 rings (SSSR count). The first-order chi connectivity index (χ1) is 6.38. The lowest BCUT2D eigenvalue weighted by Gasteiger charge is -2.21. The predicted octanol–water partition coefficient (Wildman–Crippen LogP) is -0.240. The van der Waals surface area contributed by atoms with Crippen molar-refractivity contribution in [2.24, 2.45) is 5.41 Å². The molecule has 1 atom stereocenters. The van der Waals surface area contributed by atoms with Gasteiger partial charge in [0.15, 0.2) is 6.10 Å². The first kappa shape index (κ1) is 10.8. The molecule has 0 bridgehead atoms. The summed E-state index contributed by atoms with van der Waals surface area (Å²) in [6.07, 6.45) is -1.66. The standard InChI is InChI=1S/C9H12O5/c1-9(4-5(10)8(13)14)6(11)2-3-7(9)12/h5,10H,2-4H2,1H3,(H,13,14)/t5-/m0/s1. The SMILES string of the molecule is CC1(C[C@H](O)C(=O)O)C(=O)CCC1=O. The van der Waals surface area contributed by atoms with Gasteiger partial charge >= 0.3 is 5.97 Å². The fraction of sp³-hybridized carbons (Fsp3) is 0.667. The molecule has 2 N–H and O–H groups in total. The average molecular weight is 200 g/mol. The topological polar surface area (TPSA) is 91.7 Å². The van der Waals surface area contributed by atoms with Crippen molar-refractivity contribution in [1.29, 1.82) is 0 Å². The zero-order valence-corrected chi connectivity index (χ0v) is 7.82. The fourth-order valence-corrected chi connectivity index (χ4v) is 1.64. The Morgan fingerprint density at radius 3 is 2.21 bits per heavy atom. The number of aliphatic hydroxyl groups excluding tert-OH is 1. The third-order valence-electron chi connectivity index (χ3n) is 2.70. The highest BCUT2D eigenvalue weighted by Crippen LogP contribution is 2.35. The van der Waals surface area contributed by atoms with Gasteiger partial charge < -0.3 is 10.2 Å². The molecule has 0 unspecified atom stereocenters. The van der Waals surface area contributed by atoms with Crippen LogP contribution in [0.3, 0.4) is 0 Å². The van der Waals surface area contributed by atoms with Gasteiger partial charge in [-0.05, 0) is 6.92 Å². The first-order valence-corrected chi connectivity index (χ1v) is 4.35. The van der Waals surface area contributed by atoms with Gasteiger partial charge in [-0.3, -0.25) is 9.59 Å². The molecule has 1 fully saturated rings. The molecule has 0 aliphatic heterocycles. The van der Waals surface area contributed by atoms with Crippen LogP contribution in [0.15, 0.2) is 0 Å². The van der Waals surface area contributed by atoms with Gasteiger partial charge in [0.25, 0.3) is 0 Å². The second-order valence-corrected chi connectivity index (χ2v) is 3.74. The maximum absolute atomic E-state index is 11.3. The quantitative estimate of drug-likeness (QED) is 0.613. The van der Waals surface area contributed by atoms with E-state index in [4.69, 9.17) is 10.2 Å². The van der Waals surface area contributed by atoms with E-state index in [0.29, 0.717) is 0 Å². The Balaban J connectivity index is 2.79. The summed E-state index contributed by atoms with van der Waals surface area (Å²) in [7, 11) is 0. The molecular formula is C9H12O5. The molecule has 0 amide bonds. The summed E-state index contributed by atoms with van der Waals surface area (Å²) in [5.41, 5.74) is -1.29. The third-order valence-corrected chi connectivity index (χ3v) is 2.70. The number of hydrogen-bond donors (Lipinski definition) is 2. The molecule has 0 spiro atoms. The monoisotopic (exact) mass is 200 g/mol. The Morgan fingerprint density at radius 1 is 1.43 bits per heavy atom. The molecule has 1 saturated carbocycles. The lowest BCUT2D eigenvalue weighted by atomic mass is 9.81. The van der Waals surface area contributed by atoms with Crippen LogP contribution in [-0.2, 0) is 14.4 Å². The smallest absolute Gasteiger partial charge is 0.332 e. The summed E-state index contributed by atoms with van der Waals surface area (Å²) in [5, 5.41) is 17.5. The van der Waals surface area contributed by atoms with Gasteiger partial charge in [-0.25, -0.2) is 4.79 Å². The van der Waals surface area contributed by atoms with Crippen LogP contribution in [0.5, 0.6) is 0 Å². The first-order valence-electron chi connectivity index (χ1n) is 4.35. The molecule has 0 saturated heterocycles. The van der Waals surface area contributed by atoms with E-state index in [0.717, 1.165) is 0 Å². The summed E-state index contributed by atoms with van der Waals surface area (Å²) < 4.78 is 0. The minimum Gasteiger partial charge on any atom is -0.479 e. The summed E-state index contributed by atoms with van der Waals surface area (Å²) in [4.78, 5) is 33.0. The van der Waals surface area contributed by atoms with Crippen molar-refractivity contribution in [3.05, 3.63) is 0 Å².